The molecule has 132 valence electrons. The summed E-state index contributed by atoms with van der Waals surface area (Å²) in [6.45, 7) is 18.6. The summed E-state index contributed by atoms with van der Waals surface area (Å²) in [5.41, 5.74) is 1.57. The van der Waals surface area contributed by atoms with Gasteiger partial charge in [-0.2, -0.15) is 0 Å². The Hall–Kier alpha value is -0.645. The third-order valence-corrected chi connectivity index (χ3v) is 5.34. The van der Waals surface area contributed by atoms with E-state index in [0.29, 0.717) is 12.1 Å². The number of likely N-dealkylation sites (N-methyl/N-ethyl adjacent to an activating group) is 2. The maximum atomic E-state index is 2.49. The van der Waals surface area contributed by atoms with E-state index in [4.69, 9.17) is 0 Å². The number of hydrogen-bond acceptors (Lipinski definition) is 3. The molecule has 0 fully saturated rings. The van der Waals surface area contributed by atoms with Crippen molar-refractivity contribution in [2.75, 3.05) is 14.1 Å². The summed E-state index contributed by atoms with van der Waals surface area (Å²) in [6.07, 6.45) is 4.52. The van der Waals surface area contributed by atoms with Crippen LogP contribution in [0, 0.1) is 0 Å². The average molecular weight is 385 g/mol. The van der Waals surface area contributed by atoms with Crippen LogP contribution in [0.15, 0.2) is 12.4 Å². The van der Waals surface area contributed by atoms with Gasteiger partial charge in [-0.1, -0.05) is 0 Å². The molecule has 2 rings (SSSR count). The molecule has 0 N–H and O–H groups in total. The lowest BCUT2D eigenvalue weighted by atomic mass is 9.65. The minimum atomic E-state index is 0. The summed E-state index contributed by atoms with van der Waals surface area (Å²) >= 11 is 0. The largest absolute Gasteiger partial charge is 1.00 e. The quantitative estimate of drug-likeness (QED) is 0.445. The van der Waals surface area contributed by atoms with E-state index in [1.165, 1.54) is 5.73 Å². The minimum absolute atomic E-state index is 0. The van der Waals surface area contributed by atoms with Gasteiger partial charge in [0.05, 0.1) is 14.1 Å². The van der Waals surface area contributed by atoms with Crippen LogP contribution in [0.2, 0.25) is 0 Å². The molecule has 2 unspecified atom stereocenters. The fourth-order valence-electron chi connectivity index (χ4n) is 3.55. The molecule has 0 spiro atoms. The Kier molecular flexibility index (Phi) is 5.62. The van der Waals surface area contributed by atoms with Gasteiger partial charge in [0, 0.05) is 23.5 Å². The fourth-order valence-corrected chi connectivity index (χ4v) is 3.55. The van der Waals surface area contributed by atoms with E-state index in [1.54, 1.807) is 0 Å². The molecule has 2 atom stereocenters. The highest BCUT2D eigenvalue weighted by Crippen LogP contribution is 2.31. The normalized spacial score (nSPS) is 25.7. The maximum absolute atomic E-state index is 2.49. The summed E-state index contributed by atoms with van der Waals surface area (Å²) in [4.78, 5) is 7.44. The van der Waals surface area contributed by atoms with Crippen LogP contribution in [0.4, 0.5) is 0 Å². The van der Waals surface area contributed by atoms with E-state index in [-0.39, 0.29) is 35.0 Å². The van der Waals surface area contributed by atoms with Gasteiger partial charge < -0.3 is 26.6 Å². The van der Waals surface area contributed by atoms with E-state index in [1.807, 2.05) is 0 Å². The highest BCUT2D eigenvalue weighted by molar-refractivity contribution is 6.86. The van der Waals surface area contributed by atoms with Crippen molar-refractivity contribution >= 4 is 12.7 Å². The zero-order chi connectivity index (χ0) is 17.0. The van der Waals surface area contributed by atoms with Gasteiger partial charge in [0.15, 0.2) is 0 Å². The van der Waals surface area contributed by atoms with Crippen LogP contribution in [-0.2, 0) is 0 Å². The van der Waals surface area contributed by atoms with Crippen molar-refractivity contribution < 1.29 is 21.6 Å². The van der Waals surface area contributed by atoms with Crippen molar-refractivity contribution in [3.05, 3.63) is 12.4 Å². The highest BCUT2D eigenvalue weighted by Gasteiger charge is 2.55. The standard InChI is InChI=1S/C17H34BN4.BrH/c1-13-14(2)20(10)15(19(13)9)18-21(16(3,4)5)11-12-22(18)17(6,7)8;/h11-14H,1-10H3;1H/q+1;/p-1. The molecule has 0 amide bonds. The van der Waals surface area contributed by atoms with Gasteiger partial charge in [-0.15, -0.1) is 0 Å². The lowest BCUT2D eigenvalue weighted by molar-refractivity contribution is -0.525. The second kappa shape index (κ2) is 6.34. The van der Waals surface area contributed by atoms with E-state index < -0.39 is 0 Å². The van der Waals surface area contributed by atoms with Gasteiger partial charge in [0.25, 0.3) is 5.73 Å². The molecule has 0 radical (unpaired) electrons. The lowest BCUT2D eigenvalue weighted by Gasteiger charge is -2.42. The Morgan fingerprint density at radius 1 is 0.957 bits per heavy atom. The first-order chi connectivity index (χ1) is 9.87. The van der Waals surface area contributed by atoms with E-state index in [0.717, 1.165) is 0 Å². The Labute approximate surface area is 154 Å². The summed E-state index contributed by atoms with van der Waals surface area (Å²) in [7, 11) is 4.47. The van der Waals surface area contributed by atoms with Crippen molar-refractivity contribution in [2.24, 2.45) is 0 Å². The predicted octanol–water partition coefficient (Wildman–Crippen LogP) is -0.533. The monoisotopic (exact) mass is 384 g/mol. The van der Waals surface area contributed by atoms with Gasteiger partial charge in [0.1, 0.15) is 12.1 Å². The average Bonchev–Trinajstić information content (AvgIpc) is 2.87. The Morgan fingerprint density at radius 2 is 1.35 bits per heavy atom. The fraction of sp³-hybridized carbons (Fsp3) is 0.824. The topological polar surface area (TPSA) is 12.7 Å². The molecular formula is C17H34BBrN4. The highest BCUT2D eigenvalue weighted by atomic mass is 79.9. The third kappa shape index (κ3) is 3.42. The van der Waals surface area contributed by atoms with Crippen molar-refractivity contribution in [1.29, 1.82) is 0 Å². The molecule has 0 aromatic rings. The van der Waals surface area contributed by atoms with Crippen molar-refractivity contribution in [2.45, 2.75) is 78.6 Å². The van der Waals surface area contributed by atoms with Crippen molar-refractivity contribution in [1.82, 2.24) is 14.5 Å². The molecule has 2 heterocycles. The molecule has 0 saturated heterocycles. The molecule has 0 saturated carbocycles. The molecule has 0 aromatic heterocycles. The van der Waals surface area contributed by atoms with Gasteiger partial charge >= 0.3 is 6.98 Å². The van der Waals surface area contributed by atoms with Crippen LogP contribution in [0.5, 0.6) is 0 Å². The predicted molar refractivity (Wildman–Crippen MR) is 96.0 cm³/mol. The molecule has 23 heavy (non-hydrogen) atoms. The number of nitrogens with zero attached hydrogens (tertiary/aromatic N) is 4. The summed E-state index contributed by atoms with van der Waals surface area (Å²) < 4.78 is 2.46. The lowest BCUT2D eigenvalue weighted by Crippen LogP contribution is -3.00. The van der Waals surface area contributed by atoms with Gasteiger partial charge in [0.2, 0.25) is 0 Å². The summed E-state index contributed by atoms with van der Waals surface area (Å²) in [6, 6.07) is 1.06. The van der Waals surface area contributed by atoms with Crippen LogP contribution in [-0.4, -0.2) is 69.1 Å². The number of halogens is 1. The zero-order valence-corrected chi connectivity index (χ0v) is 18.1. The summed E-state index contributed by atoms with van der Waals surface area (Å²) in [5, 5.41) is 0. The molecule has 6 heteroatoms. The number of rotatable bonds is 1. The number of hydrogen-bond donors (Lipinski definition) is 0. The van der Waals surface area contributed by atoms with E-state index in [2.05, 4.69) is 101 Å². The van der Waals surface area contributed by atoms with Crippen LogP contribution in [0.25, 0.3) is 0 Å². The number of amidine groups is 1. The van der Waals surface area contributed by atoms with Gasteiger partial charge in [-0.3, -0.25) is 9.48 Å². The molecule has 2 aliphatic heterocycles. The van der Waals surface area contributed by atoms with E-state index in [9.17, 15) is 0 Å². The minimum Gasteiger partial charge on any atom is -1.00 e. The smallest absolute Gasteiger partial charge is 0.510 e. The van der Waals surface area contributed by atoms with Crippen LogP contribution in [0.3, 0.4) is 0 Å². The summed E-state index contributed by atoms with van der Waals surface area (Å²) in [5.74, 6) is 0. The Morgan fingerprint density at radius 3 is 1.61 bits per heavy atom. The van der Waals surface area contributed by atoms with Gasteiger partial charge in [-0.05, 0) is 55.4 Å². The zero-order valence-electron chi connectivity index (χ0n) is 16.6. The first kappa shape index (κ1) is 20.4. The first-order valence-electron chi connectivity index (χ1n) is 8.45. The molecule has 4 nitrogen and oxygen atoms in total. The van der Waals surface area contributed by atoms with E-state index >= 15 is 0 Å². The van der Waals surface area contributed by atoms with Crippen LogP contribution in [0.1, 0.15) is 55.4 Å². The van der Waals surface area contributed by atoms with Crippen molar-refractivity contribution in [3.8, 4) is 0 Å². The van der Waals surface area contributed by atoms with Crippen molar-refractivity contribution in [3.63, 3.8) is 0 Å². The third-order valence-electron chi connectivity index (χ3n) is 5.34. The second-order valence-electron chi connectivity index (χ2n) is 8.89. The van der Waals surface area contributed by atoms with Crippen LogP contribution < -0.4 is 17.0 Å². The SMILES string of the molecule is CC1C(C)[N+](C)=C(B2N(C(C)(C)C)C=CN2C(C)(C)C)N1C.[Br-]. The molecule has 2 aliphatic rings. The molecule has 0 aliphatic carbocycles. The van der Waals surface area contributed by atoms with Gasteiger partial charge in [-0.25, -0.2) is 0 Å². The molecule has 0 aromatic carbocycles. The second-order valence-corrected chi connectivity index (χ2v) is 8.89. The Bertz CT molecular complexity index is 480. The first-order valence-corrected chi connectivity index (χ1v) is 8.45. The Balaban J connectivity index is 0.00000264. The van der Waals surface area contributed by atoms with Crippen LogP contribution >= 0.6 is 0 Å². The molecule has 0 bridgehead atoms. The maximum Gasteiger partial charge on any atom is 0.510 e. The molecular weight excluding hydrogens is 351 g/mol.